The first-order valence-corrected chi connectivity index (χ1v) is 8.14. The fourth-order valence-corrected chi connectivity index (χ4v) is 2.64. The molecule has 27 heavy (non-hydrogen) atoms. The lowest BCUT2D eigenvalue weighted by molar-refractivity contribution is -0.139. The number of hydrogen-bond donors (Lipinski definition) is 4. The van der Waals surface area contributed by atoms with Crippen molar-refractivity contribution in [1.82, 2.24) is 19.5 Å². The standard InChI is InChI=1S/C17H17N5O5/c23-12(24)7-6-11(16(26)27)19-17-20-14-13(15(25)21-17)22(9-18-14)8-10-4-2-1-3-5-10/h1-5,9,11H,6-8H2,(H,23,24)(H,26,27)(H2,19,20,21,25). The van der Waals surface area contributed by atoms with Gasteiger partial charge in [0.15, 0.2) is 11.2 Å². The van der Waals surface area contributed by atoms with Crippen molar-refractivity contribution in [3.8, 4) is 0 Å². The van der Waals surface area contributed by atoms with Crippen LogP contribution < -0.4 is 10.9 Å². The molecule has 0 saturated heterocycles. The molecule has 0 aliphatic rings. The van der Waals surface area contributed by atoms with Crippen LogP contribution in [0.2, 0.25) is 0 Å². The number of rotatable bonds is 8. The van der Waals surface area contributed by atoms with Gasteiger partial charge in [-0.15, -0.1) is 0 Å². The number of aliphatic carboxylic acids is 2. The average molecular weight is 371 g/mol. The molecule has 3 aromatic rings. The van der Waals surface area contributed by atoms with Crippen molar-refractivity contribution in [3.63, 3.8) is 0 Å². The SMILES string of the molecule is O=C(O)CCC(Nc1nc2ncn(Cc3ccccc3)c2c(=O)[nH]1)C(=O)O. The van der Waals surface area contributed by atoms with E-state index < -0.39 is 23.5 Å². The molecule has 0 bridgehead atoms. The van der Waals surface area contributed by atoms with Crippen LogP contribution in [0.25, 0.3) is 11.2 Å². The van der Waals surface area contributed by atoms with Gasteiger partial charge in [-0.1, -0.05) is 30.3 Å². The molecule has 2 heterocycles. The first kappa shape index (κ1) is 18.1. The van der Waals surface area contributed by atoms with Crippen LogP contribution in [0.5, 0.6) is 0 Å². The maximum absolute atomic E-state index is 12.5. The van der Waals surface area contributed by atoms with Crippen LogP contribution in [0, 0.1) is 0 Å². The summed E-state index contributed by atoms with van der Waals surface area (Å²) >= 11 is 0. The Bertz CT molecular complexity index is 1030. The van der Waals surface area contributed by atoms with Gasteiger partial charge < -0.3 is 20.1 Å². The minimum absolute atomic E-state index is 0.0738. The van der Waals surface area contributed by atoms with E-state index in [0.717, 1.165) is 5.56 Å². The summed E-state index contributed by atoms with van der Waals surface area (Å²) in [5, 5.41) is 20.5. The average Bonchev–Trinajstić information content (AvgIpc) is 3.02. The predicted octanol–water partition coefficient (Wildman–Crippen LogP) is 0.898. The fraction of sp³-hybridized carbons (Fsp3) is 0.235. The summed E-state index contributed by atoms with van der Waals surface area (Å²) in [6.45, 7) is 0.436. The minimum atomic E-state index is -1.24. The van der Waals surface area contributed by atoms with Crippen LogP contribution in [-0.4, -0.2) is 47.7 Å². The van der Waals surface area contributed by atoms with Crippen LogP contribution in [0.1, 0.15) is 18.4 Å². The van der Waals surface area contributed by atoms with Gasteiger partial charge >= 0.3 is 11.9 Å². The Kier molecular flexibility index (Phi) is 5.15. The molecule has 0 fully saturated rings. The number of H-pyrrole nitrogens is 1. The number of aromatic nitrogens is 4. The van der Waals surface area contributed by atoms with Gasteiger partial charge in [-0.05, 0) is 12.0 Å². The molecule has 0 aliphatic heterocycles. The number of carboxylic acid groups (broad SMARTS) is 2. The summed E-state index contributed by atoms with van der Waals surface area (Å²) in [5.41, 5.74) is 0.942. The van der Waals surface area contributed by atoms with Crippen LogP contribution in [-0.2, 0) is 16.1 Å². The molecule has 0 saturated carbocycles. The zero-order valence-electron chi connectivity index (χ0n) is 14.1. The van der Waals surface area contributed by atoms with Crippen LogP contribution in [0.4, 0.5) is 5.95 Å². The summed E-state index contributed by atoms with van der Waals surface area (Å²) in [6.07, 6.45) is 1.000. The van der Waals surface area contributed by atoms with E-state index >= 15 is 0 Å². The van der Waals surface area contributed by atoms with Crippen molar-refractivity contribution >= 4 is 29.1 Å². The van der Waals surface area contributed by atoms with Crippen molar-refractivity contribution in [2.45, 2.75) is 25.4 Å². The normalized spacial score (nSPS) is 12.0. The third-order valence-corrected chi connectivity index (χ3v) is 3.93. The van der Waals surface area contributed by atoms with E-state index in [-0.39, 0.29) is 30.0 Å². The number of imidazole rings is 1. The number of anilines is 1. The molecule has 140 valence electrons. The maximum atomic E-state index is 12.5. The third kappa shape index (κ3) is 4.29. The molecule has 0 radical (unpaired) electrons. The number of aromatic amines is 1. The predicted molar refractivity (Wildman–Crippen MR) is 95.6 cm³/mol. The van der Waals surface area contributed by atoms with E-state index in [9.17, 15) is 19.5 Å². The summed E-state index contributed by atoms with van der Waals surface area (Å²) in [5.74, 6) is -2.43. The van der Waals surface area contributed by atoms with Crippen LogP contribution in [0.3, 0.4) is 0 Å². The molecule has 0 amide bonds. The first-order valence-electron chi connectivity index (χ1n) is 8.14. The van der Waals surface area contributed by atoms with E-state index in [1.807, 2.05) is 30.3 Å². The fourth-order valence-electron chi connectivity index (χ4n) is 2.64. The highest BCUT2D eigenvalue weighted by Crippen LogP contribution is 2.12. The third-order valence-electron chi connectivity index (χ3n) is 3.93. The number of fused-ring (bicyclic) bond motifs is 1. The summed E-state index contributed by atoms with van der Waals surface area (Å²) in [4.78, 5) is 45.1. The molecular weight excluding hydrogens is 354 g/mol. The van der Waals surface area contributed by atoms with Crippen LogP contribution >= 0.6 is 0 Å². The lowest BCUT2D eigenvalue weighted by Crippen LogP contribution is -2.31. The Hall–Kier alpha value is -3.69. The van der Waals surface area contributed by atoms with Crippen molar-refractivity contribution in [2.24, 2.45) is 0 Å². The van der Waals surface area contributed by atoms with Crippen molar-refractivity contribution in [1.29, 1.82) is 0 Å². The van der Waals surface area contributed by atoms with Gasteiger partial charge in [-0.25, -0.2) is 9.78 Å². The molecular formula is C17H17N5O5. The molecule has 0 spiro atoms. The van der Waals surface area contributed by atoms with E-state index in [2.05, 4.69) is 20.3 Å². The summed E-state index contributed by atoms with van der Waals surface area (Å²) in [6, 6.07) is 8.31. The zero-order valence-corrected chi connectivity index (χ0v) is 14.1. The topological polar surface area (TPSA) is 150 Å². The smallest absolute Gasteiger partial charge is 0.326 e. The lowest BCUT2D eigenvalue weighted by atomic mass is 10.1. The molecule has 3 rings (SSSR count). The van der Waals surface area contributed by atoms with Gasteiger partial charge in [-0.3, -0.25) is 14.6 Å². The monoisotopic (exact) mass is 371 g/mol. The Morgan fingerprint density at radius 2 is 1.96 bits per heavy atom. The molecule has 4 N–H and O–H groups in total. The van der Waals surface area contributed by atoms with Gasteiger partial charge in [0.2, 0.25) is 5.95 Å². The Labute approximate surface area is 152 Å². The van der Waals surface area contributed by atoms with Crippen molar-refractivity contribution < 1.29 is 19.8 Å². The second-order valence-corrected chi connectivity index (χ2v) is 5.91. The van der Waals surface area contributed by atoms with E-state index in [1.165, 1.54) is 6.33 Å². The summed E-state index contributed by atoms with van der Waals surface area (Å²) < 4.78 is 1.65. The van der Waals surface area contributed by atoms with E-state index in [0.29, 0.717) is 6.54 Å². The highest BCUT2D eigenvalue weighted by Gasteiger charge is 2.20. The second kappa shape index (κ2) is 7.68. The number of nitrogens with zero attached hydrogens (tertiary/aromatic N) is 3. The largest absolute Gasteiger partial charge is 0.481 e. The molecule has 0 aliphatic carbocycles. The number of carboxylic acids is 2. The quantitative estimate of drug-likeness (QED) is 0.456. The van der Waals surface area contributed by atoms with Gasteiger partial charge in [0.1, 0.15) is 6.04 Å². The number of carbonyl (C=O) groups is 2. The Morgan fingerprint density at radius 1 is 1.22 bits per heavy atom. The minimum Gasteiger partial charge on any atom is -0.481 e. The highest BCUT2D eigenvalue weighted by atomic mass is 16.4. The molecule has 2 aromatic heterocycles. The van der Waals surface area contributed by atoms with Crippen LogP contribution in [0.15, 0.2) is 41.5 Å². The molecule has 10 nitrogen and oxygen atoms in total. The maximum Gasteiger partial charge on any atom is 0.326 e. The van der Waals surface area contributed by atoms with Gasteiger partial charge in [0.05, 0.1) is 6.33 Å². The van der Waals surface area contributed by atoms with Gasteiger partial charge in [0.25, 0.3) is 5.56 Å². The Morgan fingerprint density at radius 3 is 2.63 bits per heavy atom. The number of nitrogens with one attached hydrogen (secondary N) is 2. The van der Waals surface area contributed by atoms with Crippen molar-refractivity contribution in [2.75, 3.05) is 5.32 Å². The molecule has 1 unspecified atom stereocenters. The van der Waals surface area contributed by atoms with Gasteiger partial charge in [-0.2, -0.15) is 4.98 Å². The first-order chi connectivity index (χ1) is 12.9. The van der Waals surface area contributed by atoms with Crippen molar-refractivity contribution in [3.05, 3.63) is 52.6 Å². The number of hydrogen-bond acceptors (Lipinski definition) is 6. The number of benzene rings is 1. The van der Waals surface area contributed by atoms with E-state index in [1.54, 1.807) is 4.57 Å². The molecule has 1 atom stereocenters. The molecule has 10 heteroatoms. The second-order valence-electron chi connectivity index (χ2n) is 5.91. The van der Waals surface area contributed by atoms with E-state index in [4.69, 9.17) is 5.11 Å². The lowest BCUT2D eigenvalue weighted by Gasteiger charge is -2.13. The zero-order chi connectivity index (χ0) is 19.4. The summed E-state index contributed by atoms with van der Waals surface area (Å²) in [7, 11) is 0. The Balaban J connectivity index is 1.86. The highest BCUT2D eigenvalue weighted by molar-refractivity contribution is 5.78. The van der Waals surface area contributed by atoms with Gasteiger partial charge in [0, 0.05) is 13.0 Å². The molecule has 1 aromatic carbocycles.